The van der Waals surface area contributed by atoms with E-state index in [0.717, 1.165) is 41.7 Å². The molecule has 0 aliphatic heterocycles. The summed E-state index contributed by atoms with van der Waals surface area (Å²) < 4.78 is 4.99. The van der Waals surface area contributed by atoms with Gasteiger partial charge < -0.3 is 10.1 Å². The lowest BCUT2D eigenvalue weighted by molar-refractivity contribution is 0.199. The summed E-state index contributed by atoms with van der Waals surface area (Å²) in [5.41, 5.74) is 2.50. The van der Waals surface area contributed by atoms with Crippen molar-refractivity contribution in [3.05, 3.63) is 34.8 Å². The molecular formula is C16H23N3OS. The molecule has 1 N–H and O–H groups in total. The van der Waals surface area contributed by atoms with Gasteiger partial charge in [-0.2, -0.15) is 0 Å². The Labute approximate surface area is 130 Å². The first-order valence-corrected chi connectivity index (χ1v) is 8.14. The maximum Gasteiger partial charge on any atom is 0.147 e. The van der Waals surface area contributed by atoms with Crippen molar-refractivity contribution in [3.8, 4) is 10.6 Å². The quantitative estimate of drug-likeness (QED) is 0.761. The van der Waals surface area contributed by atoms with Crippen LogP contribution in [0.25, 0.3) is 10.6 Å². The molecule has 0 aliphatic carbocycles. The van der Waals surface area contributed by atoms with E-state index in [0.29, 0.717) is 5.92 Å². The summed E-state index contributed by atoms with van der Waals surface area (Å²) in [4.78, 5) is 0. The van der Waals surface area contributed by atoms with Gasteiger partial charge in [-0.05, 0) is 11.5 Å². The fraction of sp³-hybridized carbons (Fsp3) is 0.500. The minimum atomic E-state index is 0.558. The van der Waals surface area contributed by atoms with Crippen LogP contribution in [0, 0.1) is 0 Å². The first-order chi connectivity index (χ1) is 10.2. The van der Waals surface area contributed by atoms with Gasteiger partial charge in [0.15, 0.2) is 0 Å². The number of benzene rings is 1. The largest absolute Gasteiger partial charge is 0.383 e. The van der Waals surface area contributed by atoms with Crippen LogP contribution < -0.4 is 5.32 Å². The van der Waals surface area contributed by atoms with Crippen LogP contribution in [0.2, 0.25) is 0 Å². The van der Waals surface area contributed by atoms with Gasteiger partial charge in [0, 0.05) is 32.2 Å². The Kier molecular flexibility index (Phi) is 6.29. The summed E-state index contributed by atoms with van der Waals surface area (Å²) in [6, 6.07) is 8.62. The zero-order chi connectivity index (χ0) is 15.1. The van der Waals surface area contributed by atoms with Crippen LogP contribution in [0.1, 0.15) is 30.3 Å². The SMILES string of the molecule is COCCNCCc1nnc(-c2ccc(C(C)C)cc2)s1. The van der Waals surface area contributed by atoms with Gasteiger partial charge in [0.2, 0.25) is 0 Å². The third kappa shape index (κ3) is 4.88. The molecular weight excluding hydrogens is 282 g/mol. The van der Waals surface area contributed by atoms with E-state index in [9.17, 15) is 0 Å². The van der Waals surface area contributed by atoms with Gasteiger partial charge in [-0.3, -0.25) is 0 Å². The normalized spacial score (nSPS) is 11.2. The zero-order valence-corrected chi connectivity index (χ0v) is 13.7. The smallest absolute Gasteiger partial charge is 0.147 e. The van der Waals surface area contributed by atoms with Gasteiger partial charge in [-0.1, -0.05) is 49.4 Å². The van der Waals surface area contributed by atoms with Crippen LogP contribution in [0.5, 0.6) is 0 Å². The van der Waals surface area contributed by atoms with E-state index in [-0.39, 0.29) is 0 Å². The standard InChI is InChI=1S/C16H23N3OS/c1-12(2)13-4-6-14(7-5-13)16-19-18-15(21-16)8-9-17-10-11-20-3/h4-7,12,17H,8-11H2,1-3H3. The summed E-state index contributed by atoms with van der Waals surface area (Å²) in [5.74, 6) is 0.558. The number of hydrogen-bond acceptors (Lipinski definition) is 5. The number of hydrogen-bond donors (Lipinski definition) is 1. The minimum Gasteiger partial charge on any atom is -0.383 e. The molecule has 1 heterocycles. The van der Waals surface area contributed by atoms with Crippen LogP contribution in [0.3, 0.4) is 0 Å². The number of methoxy groups -OCH3 is 1. The minimum absolute atomic E-state index is 0.558. The Morgan fingerprint density at radius 1 is 1.14 bits per heavy atom. The van der Waals surface area contributed by atoms with Gasteiger partial charge >= 0.3 is 0 Å². The molecule has 2 aromatic rings. The molecule has 4 nitrogen and oxygen atoms in total. The van der Waals surface area contributed by atoms with E-state index in [1.54, 1.807) is 18.4 Å². The second kappa shape index (κ2) is 8.22. The van der Waals surface area contributed by atoms with Crippen LogP contribution in [0.15, 0.2) is 24.3 Å². The molecule has 0 atom stereocenters. The van der Waals surface area contributed by atoms with Crippen molar-refractivity contribution in [3.63, 3.8) is 0 Å². The van der Waals surface area contributed by atoms with Crippen molar-refractivity contribution >= 4 is 11.3 Å². The van der Waals surface area contributed by atoms with E-state index < -0.39 is 0 Å². The van der Waals surface area contributed by atoms with Crippen LogP contribution in [-0.4, -0.2) is 37.0 Å². The first-order valence-electron chi connectivity index (χ1n) is 7.33. The Hall–Kier alpha value is -1.30. The van der Waals surface area contributed by atoms with E-state index >= 15 is 0 Å². The molecule has 0 saturated carbocycles. The summed E-state index contributed by atoms with van der Waals surface area (Å²) in [6.07, 6.45) is 0.908. The summed E-state index contributed by atoms with van der Waals surface area (Å²) >= 11 is 1.67. The maximum absolute atomic E-state index is 4.99. The summed E-state index contributed by atoms with van der Waals surface area (Å²) in [6.45, 7) is 6.93. The average molecular weight is 305 g/mol. The third-order valence-electron chi connectivity index (χ3n) is 3.29. The number of nitrogens with zero attached hydrogens (tertiary/aromatic N) is 2. The molecule has 0 aliphatic rings. The molecule has 0 amide bonds. The van der Waals surface area contributed by atoms with E-state index in [1.165, 1.54) is 5.56 Å². The van der Waals surface area contributed by atoms with Gasteiger partial charge in [-0.15, -0.1) is 10.2 Å². The highest BCUT2D eigenvalue weighted by Gasteiger charge is 2.07. The van der Waals surface area contributed by atoms with Crippen molar-refractivity contribution in [2.45, 2.75) is 26.2 Å². The Morgan fingerprint density at radius 3 is 2.57 bits per heavy atom. The topological polar surface area (TPSA) is 47.0 Å². The van der Waals surface area contributed by atoms with Gasteiger partial charge in [0.05, 0.1) is 6.61 Å². The molecule has 0 unspecified atom stereocenters. The molecule has 2 rings (SSSR count). The lowest BCUT2D eigenvalue weighted by Crippen LogP contribution is -2.21. The molecule has 1 aromatic heterocycles. The molecule has 0 spiro atoms. The lowest BCUT2D eigenvalue weighted by atomic mass is 10.0. The van der Waals surface area contributed by atoms with Crippen LogP contribution >= 0.6 is 11.3 Å². The Bertz CT molecular complexity index is 537. The number of rotatable bonds is 8. The van der Waals surface area contributed by atoms with Gasteiger partial charge in [-0.25, -0.2) is 0 Å². The molecule has 0 saturated heterocycles. The monoisotopic (exact) mass is 305 g/mol. The van der Waals surface area contributed by atoms with Crippen molar-refractivity contribution in [2.24, 2.45) is 0 Å². The molecule has 0 fully saturated rings. The average Bonchev–Trinajstić information content (AvgIpc) is 2.96. The fourth-order valence-electron chi connectivity index (χ4n) is 1.98. The molecule has 114 valence electrons. The van der Waals surface area contributed by atoms with Crippen molar-refractivity contribution in [1.82, 2.24) is 15.5 Å². The van der Waals surface area contributed by atoms with Crippen molar-refractivity contribution < 1.29 is 4.74 Å². The zero-order valence-electron chi connectivity index (χ0n) is 12.9. The van der Waals surface area contributed by atoms with Crippen LogP contribution in [-0.2, 0) is 11.2 Å². The Balaban J connectivity index is 1.90. The van der Waals surface area contributed by atoms with E-state index in [2.05, 4.69) is 53.6 Å². The predicted molar refractivity (Wildman–Crippen MR) is 87.9 cm³/mol. The van der Waals surface area contributed by atoms with E-state index in [1.807, 2.05) is 0 Å². The Morgan fingerprint density at radius 2 is 1.90 bits per heavy atom. The first kappa shape index (κ1) is 16.1. The van der Waals surface area contributed by atoms with E-state index in [4.69, 9.17) is 4.74 Å². The molecule has 1 aromatic carbocycles. The fourth-order valence-corrected chi connectivity index (χ4v) is 2.82. The highest BCUT2D eigenvalue weighted by atomic mass is 32.1. The number of aromatic nitrogens is 2. The summed E-state index contributed by atoms with van der Waals surface area (Å²) in [7, 11) is 1.71. The van der Waals surface area contributed by atoms with Crippen molar-refractivity contribution in [2.75, 3.05) is 26.8 Å². The highest BCUT2D eigenvalue weighted by molar-refractivity contribution is 7.14. The third-order valence-corrected chi connectivity index (χ3v) is 4.32. The second-order valence-corrected chi connectivity index (χ2v) is 6.33. The summed E-state index contributed by atoms with van der Waals surface area (Å²) in [5, 5.41) is 13.9. The predicted octanol–water partition coefficient (Wildman–Crippen LogP) is 3.11. The highest BCUT2D eigenvalue weighted by Crippen LogP contribution is 2.25. The van der Waals surface area contributed by atoms with Crippen LogP contribution in [0.4, 0.5) is 0 Å². The molecule has 21 heavy (non-hydrogen) atoms. The lowest BCUT2D eigenvalue weighted by Gasteiger charge is -2.04. The number of nitrogens with one attached hydrogen (secondary N) is 1. The van der Waals surface area contributed by atoms with Gasteiger partial charge in [0.25, 0.3) is 0 Å². The van der Waals surface area contributed by atoms with Gasteiger partial charge in [0.1, 0.15) is 10.0 Å². The molecule has 0 bridgehead atoms. The molecule has 5 heteroatoms. The maximum atomic E-state index is 4.99. The number of ether oxygens (including phenoxy) is 1. The van der Waals surface area contributed by atoms with Crippen molar-refractivity contribution in [1.29, 1.82) is 0 Å². The molecule has 0 radical (unpaired) electrons. The second-order valence-electron chi connectivity index (χ2n) is 5.27.